The second-order valence-corrected chi connectivity index (χ2v) is 8.19. The largest absolute Gasteiger partial charge is 0.370 e. The van der Waals surface area contributed by atoms with Gasteiger partial charge in [-0.3, -0.25) is 4.99 Å². The van der Waals surface area contributed by atoms with E-state index in [-0.39, 0.29) is 23.8 Å². The summed E-state index contributed by atoms with van der Waals surface area (Å²) in [5.41, 5.74) is 30.5. The van der Waals surface area contributed by atoms with Crippen molar-refractivity contribution >= 4 is 58.4 Å². The molecule has 0 heterocycles. The van der Waals surface area contributed by atoms with Gasteiger partial charge in [-0.25, -0.2) is 4.99 Å². The van der Waals surface area contributed by atoms with Crippen LogP contribution >= 0.6 is 23.2 Å². The lowest BCUT2D eigenvalue weighted by atomic mass is 10.0. The van der Waals surface area contributed by atoms with Gasteiger partial charge >= 0.3 is 0 Å². The molecule has 0 amide bonds. The van der Waals surface area contributed by atoms with Crippen LogP contribution in [0, 0.1) is 0 Å². The predicted octanol–water partition coefficient (Wildman–Crippen LogP) is 3.06. The normalized spacial score (nSPS) is 12.5. The summed E-state index contributed by atoms with van der Waals surface area (Å²) in [4.78, 5) is 16.3. The average Bonchev–Trinajstić information content (AvgIpc) is 2.75. The Morgan fingerprint density at radius 2 is 1.44 bits per heavy atom. The van der Waals surface area contributed by atoms with Crippen LogP contribution in [0.1, 0.15) is 31.2 Å². The molecule has 182 valence electrons. The molecule has 0 aliphatic carbocycles. The van der Waals surface area contributed by atoms with E-state index in [4.69, 9.17) is 51.9 Å². The number of nitrogens with one attached hydrogen (secondary N) is 1. The Morgan fingerprint density at radius 1 is 0.765 bits per heavy atom. The molecule has 34 heavy (non-hydrogen) atoms. The fourth-order valence-corrected chi connectivity index (χ4v) is 3.31. The molecule has 11 N–H and O–H groups in total. The summed E-state index contributed by atoms with van der Waals surface area (Å²) < 4.78 is 0. The first-order chi connectivity index (χ1) is 16.2. The average molecular weight is 505 g/mol. The van der Waals surface area contributed by atoms with Crippen molar-refractivity contribution in [1.82, 2.24) is 0 Å². The topological polar surface area (TPSA) is 192 Å². The van der Waals surface area contributed by atoms with E-state index in [9.17, 15) is 0 Å². The standard InChI is InChI=1S/C22H30Cl2N10/c23-15-6-9-17(10-7-15)31-21(28)34-20(27)30-12-4-2-1-3-5-14-13-16(24)8-11-18(14)32-22(29)33-19(25)26/h6-11,13H,1-5,12H2,(H6,25,26,29,32,33)(H5,27,28,30,31,34). The number of aryl methyl sites for hydroxylation is 1. The summed E-state index contributed by atoms with van der Waals surface area (Å²) >= 11 is 12.0. The maximum atomic E-state index is 6.13. The highest BCUT2D eigenvalue weighted by molar-refractivity contribution is 6.31. The van der Waals surface area contributed by atoms with Crippen LogP contribution in [0.5, 0.6) is 0 Å². The second kappa shape index (κ2) is 13.9. The third-order valence-corrected chi connectivity index (χ3v) is 4.99. The number of aliphatic imine (C=N–C) groups is 4. The Hall–Kier alpha value is -3.50. The van der Waals surface area contributed by atoms with Gasteiger partial charge < -0.3 is 34.0 Å². The van der Waals surface area contributed by atoms with Crippen molar-refractivity contribution in [2.45, 2.75) is 32.1 Å². The maximum absolute atomic E-state index is 6.13. The molecule has 0 aliphatic rings. The maximum Gasteiger partial charge on any atom is 0.223 e. The molecule has 10 nitrogen and oxygen atoms in total. The zero-order chi connectivity index (χ0) is 24.9. The van der Waals surface area contributed by atoms with E-state index < -0.39 is 0 Å². The Morgan fingerprint density at radius 3 is 2.15 bits per heavy atom. The van der Waals surface area contributed by atoms with Crippen molar-refractivity contribution in [3.63, 3.8) is 0 Å². The molecule has 2 aromatic rings. The van der Waals surface area contributed by atoms with Gasteiger partial charge in [-0.1, -0.05) is 36.0 Å². The van der Waals surface area contributed by atoms with Crippen molar-refractivity contribution in [3.05, 3.63) is 58.1 Å². The number of anilines is 1. The Balaban J connectivity index is 1.76. The summed E-state index contributed by atoms with van der Waals surface area (Å²) in [6, 6.07) is 12.5. The second-order valence-electron chi connectivity index (χ2n) is 7.31. The lowest BCUT2D eigenvalue weighted by molar-refractivity contribution is 0.647. The van der Waals surface area contributed by atoms with Crippen LogP contribution in [0.25, 0.3) is 0 Å². The summed E-state index contributed by atoms with van der Waals surface area (Å²) in [5, 5.41) is 4.19. The van der Waals surface area contributed by atoms with Gasteiger partial charge in [0.05, 0.1) is 5.69 Å². The number of nitrogens with two attached hydrogens (primary N) is 5. The molecular weight excluding hydrogens is 475 g/mol. The molecule has 2 rings (SSSR count). The lowest BCUT2D eigenvalue weighted by Gasteiger charge is -2.07. The summed E-state index contributed by atoms with van der Waals surface area (Å²) in [7, 11) is 0. The van der Waals surface area contributed by atoms with Crippen LogP contribution < -0.4 is 34.0 Å². The highest BCUT2D eigenvalue weighted by Gasteiger charge is 2.04. The lowest BCUT2D eigenvalue weighted by Crippen LogP contribution is -2.26. The molecular formula is C22H30Cl2N10. The third kappa shape index (κ3) is 10.4. The van der Waals surface area contributed by atoms with Crippen molar-refractivity contribution in [3.8, 4) is 0 Å². The van der Waals surface area contributed by atoms with Gasteiger partial charge in [0.15, 0.2) is 5.96 Å². The quantitative estimate of drug-likeness (QED) is 0.172. The number of halogens is 2. The minimum Gasteiger partial charge on any atom is -0.370 e. The molecule has 0 aromatic heterocycles. The summed E-state index contributed by atoms with van der Waals surface area (Å²) in [6.45, 7) is 0.561. The number of hydrogen-bond acceptors (Lipinski definition) is 2. The molecule has 12 heteroatoms. The number of nitrogens with zero attached hydrogens (tertiary/aromatic N) is 4. The zero-order valence-corrected chi connectivity index (χ0v) is 20.2. The van der Waals surface area contributed by atoms with Gasteiger partial charge in [-0.15, -0.1) is 0 Å². The first-order valence-electron chi connectivity index (χ1n) is 10.6. The highest BCUT2D eigenvalue weighted by atomic mass is 35.5. The number of hydrogen-bond donors (Lipinski definition) is 6. The van der Waals surface area contributed by atoms with Crippen molar-refractivity contribution < 1.29 is 0 Å². The predicted molar refractivity (Wildman–Crippen MR) is 144 cm³/mol. The molecule has 0 unspecified atom stereocenters. The highest BCUT2D eigenvalue weighted by Crippen LogP contribution is 2.25. The Kier molecular flexibility index (Phi) is 10.9. The molecule has 0 spiro atoms. The van der Waals surface area contributed by atoms with Crippen LogP contribution in [0.2, 0.25) is 10.0 Å². The summed E-state index contributed by atoms with van der Waals surface area (Å²) in [6.07, 6.45) is 4.59. The molecule has 0 radical (unpaired) electrons. The van der Waals surface area contributed by atoms with Crippen molar-refractivity contribution in [1.29, 1.82) is 0 Å². The monoisotopic (exact) mass is 504 g/mol. The molecule has 0 fully saturated rings. The van der Waals surface area contributed by atoms with Gasteiger partial charge in [0, 0.05) is 22.3 Å². The van der Waals surface area contributed by atoms with Gasteiger partial charge in [0.1, 0.15) is 0 Å². The molecule has 0 saturated heterocycles. The number of guanidine groups is 4. The van der Waals surface area contributed by atoms with Crippen LogP contribution in [0.4, 0.5) is 11.4 Å². The molecule has 0 atom stereocenters. The van der Waals surface area contributed by atoms with Gasteiger partial charge in [0.25, 0.3) is 0 Å². The Labute approximate surface area is 209 Å². The van der Waals surface area contributed by atoms with Crippen LogP contribution in [0.3, 0.4) is 0 Å². The van der Waals surface area contributed by atoms with Crippen molar-refractivity contribution in [2.24, 2.45) is 48.6 Å². The first kappa shape index (κ1) is 26.7. The smallest absolute Gasteiger partial charge is 0.223 e. The molecule has 0 aliphatic heterocycles. The summed E-state index contributed by atoms with van der Waals surface area (Å²) in [5.74, 6) is 0.125. The van der Waals surface area contributed by atoms with E-state index in [1.54, 1.807) is 36.4 Å². The zero-order valence-electron chi connectivity index (χ0n) is 18.7. The van der Waals surface area contributed by atoms with Crippen LogP contribution in [0.15, 0.2) is 62.4 Å². The van der Waals surface area contributed by atoms with E-state index in [1.807, 2.05) is 6.07 Å². The SMILES string of the molecule is NC(N)=NC(N)=Nc1ccc(Cl)cc1CCCCCCN=C(N)N=C(N)Nc1ccc(Cl)cc1. The fraction of sp³-hybridized carbons (Fsp3) is 0.273. The van der Waals surface area contributed by atoms with Crippen molar-refractivity contribution in [2.75, 3.05) is 11.9 Å². The Bertz CT molecular complexity index is 1060. The first-order valence-corrected chi connectivity index (χ1v) is 11.4. The van der Waals surface area contributed by atoms with E-state index >= 15 is 0 Å². The van der Waals surface area contributed by atoms with Crippen LogP contribution in [-0.2, 0) is 6.42 Å². The van der Waals surface area contributed by atoms with Crippen LogP contribution in [-0.4, -0.2) is 30.4 Å². The minimum absolute atomic E-state index is 0.00863. The molecule has 2 aromatic carbocycles. The minimum atomic E-state index is -0.147. The fourth-order valence-electron chi connectivity index (χ4n) is 2.99. The van der Waals surface area contributed by atoms with E-state index in [1.165, 1.54) is 0 Å². The number of benzene rings is 2. The van der Waals surface area contributed by atoms with Gasteiger partial charge in [0.2, 0.25) is 17.9 Å². The van der Waals surface area contributed by atoms with E-state index in [0.29, 0.717) is 22.3 Å². The number of unbranched alkanes of at least 4 members (excludes halogenated alkanes) is 3. The molecule has 0 bridgehead atoms. The third-order valence-electron chi connectivity index (χ3n) is 4.50. The number of rotatable bonds is 9. The van der Waals surface area contributed by atoms with Gasteiger partial charge in [-0.2, -0.15) is 9.98 Å². The van der Waals surface area contributed by atoms with E-state index in [0.717, 1.165) is 43.4 Å². The van der Waals surface area contributed by atoms with E-state index in [2.05, 4.69) is 25.3 Å². The molecule has 0 saturated carbocycles. The van der Waals surface area contributed by atoms with Gasteiger partial charge in [-0.05, 0) is 67.3 Å².